The summed E-state index contributed by atoms with van der Waals surface area (Å²) in [5, 5.41) is 0. The van der Waals surface area contributed by atoms with Crippen LogP contribution in [0.4, 0.5) is 0 Å². The first-order valence-electron chi connectivity index (χ1n) is 13.6. The summed E-state index contributed by atoms with van der Waals surface area (Å²) < 4.78 is 20.7. The summed E-state index contributed by atoms with van der Waals surface area (Å²) in [5.41, 5.74) is -3.62. The minimum atomic E-state index is -1.67. The highest BCUT2D eigenvalue weighted by atomic mass is 28.3. The van der Waals surface area contributed by atoms with Crippen molar-refractivity contribution in [1.29, 1.82) is 0 Å². The van der Waals surface area contributed by atoms with Crippen LogP contribution >= 0.6 is 0 Å². The maximum absolute atomic E-state index is 13.3. The fraction of sp³-hybridized carbons (Fsp3) is 0.857. The largest absolute Gasteiger partial charge is 0.468 e. The third-order valence-electron chi connectivity index (χ3n) is 10.9. The fourth-order valence-corrected chi connectivity index (χ4v) is 11.8. The van der Waals surface area contributed by atoms with Crippen LogP contribution < -0.4 is 0 Å². The highest BCUT2D eigenvalue weighted by Gasteiger charge is 2.70. The average Bonchev–Trinajstić information content (AvgIpc) is 3.38. The Morgan fingerprint density at radius 1 is 0.703 bits per heavy atom. The zero-order valence-corrected chi connectivity index (χ0v) is 25.5. The molecule has 0 aromatic carbocycles. The molecule has 0 aliphatic heterocycles. The second-order valence-corrected chi connectivity index (χ2v) is 17.5. The van der Waals surface area contributed by atoms with Gasteiger partial charge in [0.05, 0.1) is 36.5 Å². The molecule has 0 aromatic heterocycles. The van der Waals surface area contributed by atoms with Crippen LogP contribution in [0, 0.1) is 39.9 Å². The van der Waals surface area contributed by atoms with E-state index in [1.54, 1.807) is 0 Å². The predicted octanol–water partition coefficient (Wildman–Crippen LogP) is 4.87. The SMILES string of the molecule is CC[Si](CC)(CC)C[C@@H]1CC(C(=O)OC)(C(=O)OC)C[C@@H]1[C@@H]1CC(C(=O)OC)(C(=O)OC)C(C)(C)[C@H]1C. The normalized spacial score (nSPS) is 27.8. The first-order valence-corrected chi connectivity index (χ1v) is 16.4. The van der Waals surface area contributed by atoms with Crippen molar-refractivity contribution in [2.24, 2.45) is 39.9 Å². The molecular formula is C28H48O8Si. The van der Waals surface area contributed by atoms with Crippen LogP contribution in [0.5, 0.6) is 0 Å². The summed E-state index contributed by atoms with van der Waals surface area (Å²) in [4.78, 5) is 53.0. The van der Waals surface area contributed by atoms with Crippen molar-refractivity contribution in [3.8, 4) is 0 Å². The first-order chi connectivity index (χ1) is 17.3. The van der Waals surface area contributed by atoms with Gasteiger partial charge in [0.2, 0.25) is 0 Å². The van der Waals surface area contributed by atoms with Gasteiger partial charge in [0.1, 0.15) is 0 Å². The Bertz CT molecular complexity index is 837. The Balaban J connectivity index is 2.71. The molecule has 2 fully saturated rings. The zero-order valence-electron chi connectivity index (χ0n) is 24.5. The number of rotatable bonds is 10. The molecule has 2 saturated carbocycles. The number of carbonyl (C=O) groups excluding carboxylic acids is 4. The number of hydrogen-bond donors (Lipinski definition) is 0. The molecule has 0 bridgehead atoms. The molecule has 37 heavy (non-hydrogen) atoms. The third-order valence-corrected chi connectivity index (χ3v) is 16.8. The summed E-state index contributed by atoms with van der Waals surface area (Å²) in [6.45, 7) is 12.7. The fourth-order valence-electron chi connectivity index (χ4n) is 7.89. The number of esters is 4. The molecule has 4 atom stereocenters. The van der Waals surface area contributed by atoms with Crippen molar-refractivity contribution in [1.82, 2.24) is 0 Å². The Labute approximate surface area is 223 Å². The van der Waals surface area contributed by atoms with Crippen molar-refractivity contribution < 1.29 is 38.1 Å². The van der Waals surface area contributed by atoms with E-state index < -0.39 is 48.2 Å². The van der Waals surface area contributed by atoms with Gasteiger partial charge in [0.25, 0.3) is 0 Å². The van der Waals surface area contributed by atoms with E-state index in [1.165, 1.54) is 28.4 Å². The van der Waals surface area contributed by atoms with Gasteiger partial charge < -0.3 is 18.9 Å². The number of carbonyl (C=O) groups is 4. The van der Waals surface area contributed by atoms with Crippen LogP contribution in [0.1, 0.15) is 60.8 Å². The van der Waals surface area contributed by atoms with Crippen molar-refractivity contribution in [2.75, 3.05) is 28.4 Å². The topological polar surface area (TPSA) is 105 Å². The molecule has 0 spiro atoms. The molecule has 0 radical (unpaired) electrons. The summed E-state index contributed by atoms with van der Waals surface area (Å²) >= 11 is 0. The lowest BCUT2D eigenvalue weighted by Crippen LogP contribution is -2.50. The highest BCUT2D eigenvalue weighted by Crippen LogP contribution is 2.66. The van der Waals surface area contributed by atoms with Gasteiger partial charge in [-0.3, -0.25) is 19.2 Å². The lowest BCUT2D eigenvalue weighted by atomic mass is 9.64. The molecular weight excluding hydrogens is 492 g/mol. The summed E-state index contributed by atoms with van der Waals surface area (Å²) in [7, 11) is 3.53. The van der Waals surface area contributed by atoms with Crippen LogP contribution in [0.25, 0.3) is 0 Å². The van der Waals surface area contributed by atoms with Gasteiger partial charge in [0.15, 0.2) is 10.8 Å². The minimum Gasteiger partial charge on any atom is -0.468 e. The Morgan fingerprint density at radius 2 is 1.14 bits per heavy atom. The average molecular weight is 541 g/mol. The molecule has 0 unspecified atom stereocenters. The van der Waals surface area contributed by atoms with Gasteiger partial charge >= 0.3 is 23.9 Å². The molecule has 2 aliphatic carbocycles. The number of ether oxygens (including phenoxy) is 4. The molecule has 8 nitrogen and oxygen atoms in total. The van der Waals surface area contributed by atoms with E-state index in [1.807, 2.05) is 13.8 Å². The predicted molar refractivity (Wildman–Crippen MR) is 142 cm³/mol. The maximum Gasteiger partial charge on any atom is 0.323 e. The van der Waals surface area contributed by atoms with E-state index in [-0.39, 0.29) is 36.5 Å². The van der Waals surface area contributed by atoms with Crippen LogP contribution in [-0.4, -0.2) is 60.4 Å². The minimum absolute atomic E-state index is 0.0686. The quantitative estimate of drug-likeness (QED) is 0.167. The van der Waals surface area contributed by atoms with E-state index in [0.717, 1.165) is 24.2 Å². The van der Waals surface area contributed by atoms with Crippen LogP contribution in [-0.2, 0) is 38.1 Å². The van der Waals surface area contributed by atoms with Gasteiger partial charge in [0, 0.05) is 0 Å². The van der Waals surface area contributed by atoms with E-state index in [9.17, 15) is 19.2 Å². The highest BCUT2D eigenvalue weighted by molar-refractivity contribution is 6.79. The summed E-state index contributed by atoms with van der Waals surface area (Å²) in [6.07, 6.45) is 0.889. The van der Waals surface area contributed by atoms with Crippen LogP contribution in [0.3, 0.4) is 0 Å². The van der Waals surface area contributed by atoms with Crippen molar-refractivity contribution in [3.63, 3.8) is 0 Å². The van der Waals surface area contributed by atoms with Crippen LogP contribution in [0.2, 0.25) is 24.2 Å². The lowest BCUT2D eigenvalue weighted by molar-refractivity contribution is -0.178. The van der Waals surface area contributed by atoms with E-state index >= 15 is 0 Å². The standard InChI is InChI=1S/C28H48O8Si/c1-11-37(12-2,13-3)17-19-14-27(22(29)33-7,23(30)34-8)15-21(19)20-16-28(24(31)35-9,25(32)36-10)26(5,6)18(20)4/h18-21H,11-17H2,1-10H3/t18-,19-,20+,21-/m0/s1. The number of hydrogen-bond acceptors (Lipinski definition) is 8. The smallest absolute Gasteiger partial charge is 0.323 e. The Morgan fingerprint density at radius 3 is 1.51 bits per heavy atom. The second-order valence-electron chi connectivity index (χ2n) is 11.9. The Kier molecular flexibility index (Phi) is 9.70. The van der Waals surface area contributed by atoms with Crippen molar-refractivity contribution in [2.45, 2.75) is 85.0 Å². The zero-order chi connectivity index (χ0) is 28.4. The molecule has 0 N–H and O–H groups in total. The molecule has 2 aliphatic rings. The van der Waals surface area contributed by atoms with Crippen LogP contribution in [0.15, 0.2) is 0 Å². The summed E-state index contributed by atoms with van der Waals surface area (Å²) in [6, 6.07) is 4.33. The van der Waals surface area contributed by atoms with Crippen molar-refractivity contribution in [3.05, 3.63) is 0 Å². The molecule has 2 rings (SSSR count). The first kappa shape index (κ1) is 31.3. The monoisotopic (exact) mass is 540 g/mol. The third kappa shape index (κ3) is 4.74. The van der Waals surface area contributed by atoms with E-state index in [4.69, 9.17) is 18.9 Å². The molecule has 0 aromatic rings. The summed E-state index contributed by atoms with van der Waals surface area (Å²) in [5.74, 6) is -2.52. The maximum atomic E-state index is 13.3. The Hall–Kier alpha value is -1.90. The van der Waals surface area contributed by atoms with Gasteiger partial charge in [-0.2, -0.15) is 0 Å². The molecule has 0 amide bonds. The molecule has 9 heteroatoms. The van der Waals surface area contributed by atoms with E-state index in [2.05, 4.69) is 27.7 Å². The molecule has 0 heterocycles. The second kappa shape index (κ2) is 11.5. The lowest BCUT2D eigenvalue weighted by Gasteiger charge is -2.39. The van der Waals surface area contributed by atoms with E-state index in [0.29, 0.717) is 6.42 Å². The van der Waals surface area contributed by atoms with Crippen molar-refractivity contribution >= 4 is 32.0 Å². The van der Waals surface area contributed by atoms with Gasteiger partial charge in [-0.05, 0) is 48.3 Å². The number of methoxy groups -OCH3 is 4. The van der Waals surface area contributed by atoms with Gasteiger partial charge in [-0.15, -0.1) is 0 Å². The molecule has 0 saturated heterocycles. The van der Waals surface area contributed by atoms with Gasteiger partial charge in [-0.1, -0.05) is 65.7 Å². The molecule has 212 valence electrons. The van der Waals surface area contributed by atoms with Gasteiger partial charge in [-0.25, -0.2) is 0 Å².